The van der Waals surface area contributed by atoms with Crippen molar-refractivity contribution in [2.45, 2.75) is 31.6 Å². The van der Waals surface area contributed by atoms with Crippen molar-refractivity contribution in [2.75, 3.05) is 0 Å². The van der Waals surface area contributed by atoms with Gasteiger partial charge in [0, 0.05) is 11.5 Å². The highest BCUT2D eigenvalue weighted by Crippen LogP contribution is 2.49. The Morgan fingerprint density at radius 1 is 1.05 bits per heavy atom. The Bertz CT molecular complexity index is 673. The van der Waals surface area contributed by atoms with E-state index in [1.807, 2.05) is 24.3 Å². The second-order valence-electron chi connectivity index (χ2n) is 6.18. The molecule has 2 nitrogen and oxygen atoms in total. The van der Waals surface area contributed by atoms with E-state index >= 15 is 0 Å². The molecule has 1 aliphatic rings. The summed E-state index contributed by atoms with van der Waals surface area (Å²) in [6, 6.07) is 16.2. The van der Waals surface area contributed by atoms with Gasteiger partial charge in [0.05, 0.1) is 0 Å². The van der Waals surface area contributed by atoms with E-state index in [1.165, 1.54) is 11.1 Å². The highest BCUT2D eigenvalue weighted by atomic mass is 16.1. The summed E-state index contributed by atoms with van der Waals surface area (Å²) in [4.78, 5) is 11.7. The summed E-state index contributed by atoms with van der Waals surface area (Å²) in [5, 5.41) is 0. The van der Waals surface area contributed by atoms with E-state index in [4.69, 9.17) is 5.73 Å². The van der Waals surface area contributed by atoms with Crippen molar-refractivity contribution in [1.29, 1.82) is 0 Å². The van der Waals surface area contributed by atoms with E-state index in [9.17, 15) is 4.79 Å². The van der Waals surface area contributed by atoms with Gasteiger partial charge in [0.2, 0.25) is 5.91 Å². The van der Waals surface area contributed by atoms with Crippen LogP contribution in [0, 0.1) is 0 Å². The van der Waals surface area contributed by atoms with Crippen molar-refractivity contribution in [3.63, 3.8) is 0 Å². The zero-order valence-electron chi connectivity index (χ0n) is 11.9. The number of amides is 1. The highest BCUT2D eigenvalue weighted by Gasteiger charge is 2.38. The minimum Gasteiger partial charge on any atom is -0.366 e. The molecule has 0 aliphatic heterocycles. The van der Waals surface area contributed by atoms with Crippen molar-refractivity contribution >= 4 is 5.91 Å². The molecule has 2 heteroatoms. The molecular formula is C18H19NO. The zero-order valence-corrected chi connectivity index (χ0v) is 11.9. The minimum absolute atomic E-state index is 0.131. The Balaban J connectivity index is 2.17. The molecule has 0 saturated carbocycles. The molecule has 0 heterocycles. The average Bonchev–Trinajstić information content (AvgIpc) is 2.71. The quantitative estimate of drug-likeness (QED) is 0.885. The van der Waals surface area contributed by atoms with Crippen LogP contribution in [-0.2, 0) is 5.41 Å². The molecule has 0 aromatic heterocycles. The third kappa shape index (κ3) is 1.92. The van der Waals surface area contributed by atoms with Gasteiger partial charge in [-0.2, -0.15) is 0 Å². The maximum atomic E-state index is 11.7. The Morgan fingerprint density at radius 3 is 2.35 bits per heavy atom. The van der Waals surface area contributed by atoms with Gasteiger partial charge in [0.25, 0.3) is 0 Å². The Hall–Kier alpha value is -2.09. The van der Waals surface area contributed by atoms with Crippen LogP contribution in [0.25, 0.3) is 0 Å². The topological polar surface area (TPSA) is 43.1 Å². The Labute approximate surface area is 119 Å². The number of fused-ring (bicyclic) bond motifs is 1. The fourth-order valence-corrected chi connectivity index (χ4v) is 3.45. The minimum atomic E-state index is -0.345. The fraction of sp³-hybridized carbons (Fsp3) is 0.278. The van der Waals surface area contributed by atoms with E-state index < -0.39 is 0 Å². The van der Waals surface area contributed by atoms with E-state index in [1.54, 1.807) is 0 Å². The lowest BCUT2D eigenvalue weighted by Gasteiger charge is -2.20. The molecule has 20 heavy (non-hydrogen) atoms. The predicted molar refractivity (Wildman–Crippen MR) is 80.9 cm³/mol. The maximum absolute atomic E-state index is 11.7. The molecule has 0 saturated heterocycles. The van der Waals surface area contributed by atoms with Crippen molar-refractivity contribution in [1.82, 2.24) is 0 Å². The van der Waals surface area contributed by atoms with Crippen LogP contribution in [0.2, 0.25) is 0 Å². The Kier molecular flexibility index (Phi) is 2.89. The molecule has 1 atom stereocenters. The van der Waals surface area contributed by atoms with Crippen molar-refractivity contribution in [3.8, 4) is 0 Å². The first-order valence-corrected chi connectivity index (χ1v) is 6.99. The van der Waals surface area contributed by atoms with Gasteiger partial charge in [-0.1, -0.05) is 56.3 Å². The second kappa shape index (κ2) is 4.48. The summed E-state index contributed by atoms with van der Waals surface area (Å²) < 4.78 is 0. The molecular weight excluding hydrogens is 246 g/mol. The van der Waals surface area contributed by atoms with Crippen LogP contribution in [0.4, 0.5) is 0 Å². The number of carbonyl (C=O) groups is 1. The summed E-state index contributed by atoms with van der Waals surface area (Å²) in [6.07, 6.45) is 1.01. The highest BCUT2D eigenvalue weighted by molar-refractivity contribution is 5.94. The van der Waals surface area contributed by atoms with Gasteiger partial charge < -0.3 is 5.73 Å². The SMILES string of the molecule is CC1(C)C[C@@H](c2ccccc2C(N)=O)c2ccccc21. The van der Waals surface area contributed by atoms with Crippen molar-refractivity contribution in [2.24, 2.45) is 5.73 Å². The zero-order chi connectivity index (χ0) is 14.3. The molecule has 0 spiro atoms. The van der Waals surface area contributed by atoms with Crippen LogP contribution in [0.1, 0.15) is 53.2 Å². The molecule has 3 rings (SSSR count). The molecule has 102 valence electrons. The standard InChI is InChI=1S/C18H19NO/c1-18(2)11-15(13-8-5-6-10-16(13)18)12-7-3-4-9-14(12)17(19)20/h3-10,15H,11H2,1-2H3,(H2,19,20)/t15-/m0/s1. The third-order valence-corrected chi connectivity index (χ3v) is 4.38. The average molecular weight is 265 g/mol. The third-order valence-electron chi connectivity index (χ3n) is 4.38. The van der Waals surface area contributed by atoms with E-state index in [0.717, 1.165) is 12.0 Å². The van der Waals surface area contributed by atoms with Crippen LogP contribution < -0.4 is 5.73 Å². The van der Waals surface area contributed by atoms with Crippen LogP contribution in [0.5, 0.6) is 0 Å². The first kappa shape index (κ1) is 12.9. The molecule has 2 N–H and O–H groups in total. The van der Waals surface area contributed by atoms with Crippen LogP contribution >= 0.6 is 0 Å². The lowest BCUT2D eigenvalue weighted by atomic mass is 9.84. The maximum Gasteiger partial charge on any atom is 0.248 e. The van der Waals surface area contributed by atoms with Crippen LogP contribution in [0.15, 0.2) is 48.5 Å². The molecule has 0 bridgehead atoms. The largest absolute Gasteiger partial charge is 0.366 e. The first-order chi connectivity index (χ1) is 9.50. The van der Waals surface area contributed by atoms with E-state index in [0.29, 0.717) is 5.56 Å². The smallest absolute Gasteiger partial charge is 0.248 e. The molecule has 1 amide bonds. The van der Waals surface area contributed by atoms with E-state index in [-0.39, 0.29) is 17.2 Å². The molecule has 0 unspecified atom stereocenters. The number of benzene rings is 2. The number of primary amides is 1. The number of nitrogens with two attached hydrogens (primary N) is 1. The summed E-state index contributed by atoms with van der Waals surface area (Å²) in [7, 11) is 0. The lowest BCUT2D eigenvalue weighted by Crippen LogP contribution is -2.16. The Morgan fingerprint density at radius 2 is 1.65 bits per heavy atom. The second-order valence-corrected chi connectivity index (χ2v) is 6.18. The summed E-state index contributed by atoms with van der Waals surface area (Å²) in [6.45, 7) is 4.53. The number of hydrogen-bond acceptors (Lipinski definition) is 1. The van der Waals surface area contributed by atoms with Gasteiger partial charge in [0.15, 0.2) is 0 Å². The molecule has 2 aromatic carbocycles. The lowest BCUT2D eigenvalue weighted by molar-refractivity contribution is 0.0999. The molecule has 1 aliphatic carbocycles. The molecule has 2 aromatic rings. The summed E-state index contributed by atoms with van der Waals surface area (Å²) in [5.41, 5.74) is 10.1. The fourth-order valence-electron chi connectivity index (χ4n) is 3.45. The number of hydrogen-bond donors (Lipinski definition) is 1. The molecule has 0 fully saturated rings. The van der Waals surface area contributed by atoms with E-state index in [2.05, 4.69) is 38.1 Å². The monoisotopic (exact) mass is 265 g/mol. The van der Waals surface area contributed by atoms with Gasteiger partial charge >= 0.3 is 0 Å². The number of carbonyl (C=O) groups excluding carboxylic acids is 1. The summed E-state index contributed by atoms with van der Waals surface area (Å²) in [5.74, 6) is -0.0901. The van der Waals surface area contributed by atoms with Crippen LogP contribution in [0.3, 0.4) is 0 Å². The normalized spacial score (nSPS) is 19.6. The van der Waals surface area contributed by atoms with Gasteiger partial charge in [-0.3, -0.25) is 4.79 Å². The van der Waals surface area contributed by atoms with Crippen molar-refractivity contribution < 1.29 is 4.79 Å². The first-order valence-electron chi connectivity index (χ1n) is 6.99. The van der Waals surface area contributed by atoms with Gasteiger partial charge in [-0.05, 0) is 34.6 Å². The number of rotatable bonds is 2. The predicted octanol–water partition coefficient (Wildman–Crippen LogP) is 3.60. The van der Waals surface area contributed by atoms with Gasteiger partial charge in [-0.25, -0.2) is 0 Å². The summed E-state index contributed by atoms with van der Waals surface area (Å²) >= 11 is 0. The molecule has 0 radical (unpaired) electrons. The van der Waals surface area contributed by atoms with Crippen LogP contribution in [-0.4, -0.2) is 5.91 Å². The van der Waals surface area contributed by atoms with Gasteiger partial charge in [0.1, 0.15) is 0 Å². The van der Waals surface area contributed by atoms with Gasteiger partial charge in [-0.15, -0.1) is 0 Å². The van der Waals surface area contributed by atoms with Crippen molar-refractivity contribution in [3.05, 3.63) is 70.8 Å².